The van der Waals surface area contributed by atoms with Gasteiger partial charge in [0.2, 0.25) is 11.7 Å². The molecule has 1 amide bonds. The lowest BCUT2D eigenvalue weighted by molar-refractivity contribution is -0.218. The van der Waals surface area contributed by atoms with Crippen molar-refractivity contribution in [3.05, 3.63) is 78.1 Å². The van der Waals surface area contributed by atoms with E-state index < -0.39 is 5.79 Å². The van der Waals surface area contributed by atoms with Gasteiger partial charge in [0, 0.05) is 37.2 Å². The summed E-state index contributed by atoms with van der Waals surface area (Å²) < 4.78 is 14.4. The van der Waals surface area contributed by atoms with E-state index in [1.807, 2.05) is 66.1 Å². The lowest BCUT2D eigenvalue weighted by Gasteiger charge is -2.41. The molecule has 2 aliphatic rings. The largest absolute Gasteiger partial charge is 0.462 e. The zero-order valence-corrected chi connectivity index (χ0v) is 19.7. The van der Waals surface area contributed by atoms with Gasteiger partial charge in [0.05, 0.1) is 17.6 Å². The van der Waals surface area contributed by atoms with Crippen LogP contribution >= 0.6 is 0 Å². The van der Waals surface area contributed by atoms with Crippen molar-refractivity contribution < 1.29 is 14.3 Å². The predicted molar refractivity (Wildman–Crippen MR) is 135 cm³/mol. The molecule has 0 bridgehead atoms. The molecule has 3 heterocycles. The van der Waals surface area contributed by atoms with Gasteiger partial charge in [-0.05, 0) is 54.4 Å². The number of hydrogen-bond donors (Lipinski definition) is 2. The quantitative estimate of drug-likeness (QED) is 0.456. The summed E-state index contributed by atoms with van der Waals surface area (Å²) in [6.45, 7) is 4.48. The monoisotopic (exact) mass is 468 g/mol. The average molecular weight is 469 g/mol. The summed E-state index contributed by atoms with van der Waals surface area (Å²) >= 11 is 0. The van der Waals surface area contributed by atoms with Gasteiger partial charge in [-0.1, -0.05) is 30.3 Å². The highest BCUT2D eigenvalue weighted by molar-refractivity contribution is 5.92. The van der Waals surface area contributed by atoms with Crippen LogP contribution in [0.5, 0.6) is 5.75 Å². The fourth-order valence-electron chi connectivity index (χ4n) is 4.98. The van der Waals surface area contributed by atoms with Crippen LogP contribution in [0.25, 0.3) is 22.2 Å². The number of nitrogens with zero attached hydrogens (tertiary/aromatic N) is 2. The van der Waals surface area contributed by atoms with E-state index >= 15 is 0 Å². The average Bonchev–Trinajstić information content (AvgIpc) is 3.19. The fraction of sp³-hybridized carbons (Fsp3) is 0.286. The van der Waals surface area contributed by atoms with Gasteiger partial charge in [-0.25, -0.2) is 4.98 Å². The second-order valence-corrected chi connectivity index (χ2v) is 9.24. The summed E-state index contributed by atoms with van der Waals surface area (Å²) in [6, 6.07) is 22.0. The van der Waals surface area contributed by atoms with E-state index in [0.29, 0.717) is 6.61 Å². The zero-order chi connectivity index (χ0) is 23.8. The highest BCUT2D eigenvalue weighted by Crippen LogP contribution is 2.38. The second-order valence-electron chi connectivity index (χ2n) is 9.24. The Hall–Kier alpha value is -3.68. The van der Waals surface area contributed by atoms with Crippen molar-refractivity contribution in [3.63, 3.8) is 0 Å². The van der Waals surface area contributed by atoms with Crippen LogP contribution in [0.4, 0.5) is 5.69 Å². The van der Waals surface area contributed by atoms with Crippen molar-refractivity contribution in [3.8, 4) is 16.9 Å². The molecule has 35 heavy (non-hydrogen) atoms. The summed E-state index contributed by atoms with van der Waals surface area (Å²) in [6.07, 6.45) is 1.70. The van der Waals surface area contributed by atoms with Gasteiger partial charge in [0.1, 0.15) is 18.1 Å². The van der Waals surface area contributed by atoms with E-state index in [0.717, 1.165) is 70.9 Å². The highest BCUT2D eigenvalue weighted by atomic mass is 16.7. The molecule has 0 atom stereocenters. The third-order valence-corrected chi connectivity index (χ3v) is 6.84. The minimum atomic E-state index is -0.497. The van der Waals surface area contributed by atoms with E-state index in [-0.39, 0.29) is 12.5 Å². The number of piperidine rings is 1. The molecule has 1 aromatic heterocycles. The number of nitrogens with one attached hydrogen (secondary N) is 2. The Morgan fingerprint density at radius 1 is 1.06 bits per heavy atom. The molecule has 4 aromatic rings. The van der Waals surface area contributed by atoms with Crippen molar-refractivity contribution in [2.45, 2.75) is 38.7 Å². The zero-order valence-electron chi connectivity index (χ0n) is 19.7. The molecular weight excluding hydrogens is 440 g/mol. The molecule has 1 fully saturated rings. The second kappa shape index (κ2) is 8.83. The van der Waals surface area contributed by atoms with Gasteiger partial charge in [0.15, 0.2) is 0 Å². The van der Waals surface area contributed by atoms with Crippen LogP contribution in [0.3, 0.4) is 0 Å². The Bertz CT molecular complexity index is 1400. The molecule has 6 rings (SSSR count). The summed E-state index contributed by atoms with van der Waals surface area (Å²) in [5, 5.41) is 6.40. The number of carbonyl (C=O) groups is 1. The summed E-state index contributed by atoms with van der Waals surface area (Å²) in [4.78, 5) is 17.4. The molecular formula is C28H28N4O3. The summed E-state index contributed by atoms with van der Waals surface area (Å²) in [7, 11) is 0. The third-order valence-electron chi connectivity index (χ3n) is 6.84. The van der Waals surface area contributed by atoms with E-state index in [1.54, 1.807) is 0 Å². The van der Waals surface area contributed by atoms with Crippen LogP contribution in [0.15, 0.2) is 66.7 Å². The summed E-state index contributed by atoms with van der Waals surface area (Å²) in [5.41, 5.74) is 5.74. The van der Waals surface area contributed by atoms with Crippen molar-refractivity contribution in [2.75, 3.05) is 18.4 Å². The number of rotatable bonds is 4. The van der Waals surface area contributed by atoms with Gasteiger partial charge in [-0.2, -0.15) is 0 Å². The predicted octanol–water partition coefficient (Wildman–Crippen LogP) is 4.64. The number of benzene rings is 3. The third kappa shape index (κ3) is 4.29. The number of carbonyl (C=O) groups excluding carboxylic acids is 1. The molecule has 0 unspecified atom stereocenters. The Kier molecular flexibility index (Phi) is 5.51. The molecule has 2 N–H and O–H groups in total. The number of hydrogen-bond acceptors (Lipinski definition) is 5. The molecule has 1 saturated heterocycles. The minimum absolute atomic E-state index is 0.0899. The first-order chi connectivity index (χ1) is 17.1. The van der Waals surface area contributed by atoms with Crippen molar-refractivity contribution in [1.29, 1.82) is 0 Å². The van der Waals surface area contributed by atoms with Crippen LogP contribution in [0.2, 0.25) is 0 Å². The maximum absolute atomic E-state index is 12.9. The number of ether oxygens (including phenoxy) is 2. The van der Waals surface area contributed by atoms with Crippen LogP contribution < -0.4 is 15.4 Å². The number of anilines is 1. The maximum Gasteiger partial charge on any atom is 0.244 e. The van der Waals surface area contributed by atoms with Crippen LogP contribution in [0.1, 0.15) is 24.2 Å². The van der Waals surface area contributed by atoms with Crippen LogP contribution in [-0.4, -0.2) is 34.3 Å². The smallest absolute Gasteiger partial charge is 0.244 e. The Morgan fingerprint density at radius 2 is 1.89 bits per heavy atom. The Morgan fingerprint density at radius 3 is 2.77 bits per heavy atom. The number of imidazole rings is 1. The van der Waals surface area contributed by atoms with Crippen molar-refractivity contribution >= 4 is 22.6 Å². The van der Waals surface area contributed by atoms with Crippen LogP contribution in [-0.2, 0) is 22.7 Å². The SMILES string of the molecule is Cc1nc2ccccc2n1CC(=O)Nc1cccc(-c2ccc3c(c2)COC2(CCNCC2)O3)c1. The number of amides is 1. The highest BCUT2D eigenvalue weighted by Gasteiger charge is 2.38. The van der Waals surface area contributed by atoms with Gasteiger partial charge >= 0.3 is 0 Å². The molecule has 3 aromatic carbocycles. The number of fused-ring (bicyclic) bond motifs is 2. The van der Waals surface area contributed by atoms with E-state index in [2.05, 4.69) is 27.8 Å². The van der Waals surface area contributed by atoms with E-state index in [9.17, 15) is 4.79 Å². The summed E-state index contributed by atoms with van der Waals surface area (Å²) in [5.74, 6) is 1.13. The standard InChI is InChI=1S/C28H28N4O3/c1-19-30-24-7-2-3-8-25(24)32(19)17-27(33)31-23-6-4-5-20(16-23)21-9-10-26-22(15-21)18-34-28(35-26)11-13-29-14-12-28/h2-10,15-16,29H,11-14,17-18H2,1H3,(H,31,33). The lowest BCUT2D eigenvalue weighted by Crippen LogP contribution is -2.49. The topological polar surface area (TPSA) is 77.4 Å². The van der Waals surface area contributed by atoms with Crippen LogP contribution in [0, 0.1) is 6.92 Å². The maximum atomic E-state index is 12.9. The molecule has 0 saturated carbocycles. The van der Waals surface area contributed by atoms with Crippen molar-refractivity contribution in [1.82, 2.24) is 14.9 Å². The molecule has 1 spiro atoms. The van der Waals surface area contributed by atoms with Gasteiger partial charge in [0.25, 0.3) is 0 Å². The first-order valence-corrected chi connectivity index (χ1v) is 12.1. The molecule has 2 aliphatic heterocycles. The first-order valence-electron chi connectivity index (χ1n) is 12.1. The van der Waals surface area contributed by atoms with E-state index in [1.165, 1.54) is 0 Å². The van der Waals surface area contributed by atoms with Gasteiger partial charge < -0.3 is 24.7 Å². The number of aryl methyl sites for hydroxylation is 1. The Balaban J connectivity index is 1.18. The Labute approximate surface area is 204 Å². The molecule has 0 aliphatic carbocycles. The molecule has 178 valence electrons. The van der Waals surface area contributed by atoms with Gasteiger partial charge in [-0.15, -0.1) is 0 Å². The normalized spacial score (nSPS) is 16.6. The number of para-hydroxylation sites is 2. The van der Waals surface area contributed by atoms with Crippen molar-refractivity contribution in [2.24, 2.45) is 0 Å². The number of aromatic nitrogens is 2. The molecule has 7 nitrogen and oxygen atoms in total. The first kappa shape index (κ1) is 21.8. The lowest BCUT2D eigenvalue weighted by atomic mass is 9.99. The van der Waals surface area contributed by atoms with Gasteiger partial charge in [-0.3, -0.25) is 4.79 Å². The molecule has 7 heteroatoms. The van der Waals surface area contributed by atoms with E-state index in [4.69, 9.17) is 9.47 Å². The fourth-order valence-corrected chi connectivity index (χ4v) is 4.98. The minimum Gasteiger partial charge on any atom is -0.462 e. The molecule has 0 radical (unpaired) electrons.